The number of rotatable bonds is 3. The number of allylic oxidation sites excluding steroid dienone is 1. The van der Waals surface area contributed by atoms with Crippen molar-refractivity contribution in [2.24, 2.45) is 22.6 Å². The lowest BCUT2D eigenvalue weighted by Gasteiger charge is -2.50. The molecule has 1 saturated carbocycles. The van der Waals surface area contributed by atoms with Gasteiger partial charge >= 0.3 is 0 Å². The molecule has 0 bridgehead atoms. The highest BCUT2D eigenvalue weighted by Crippen LogP contribution is 2.55. The minimum Gasteiger partial charge on any atom is -0.508 e. The van der Waals surface area contributed by atoms with Gasteiger partial charge in [0, 0.05) is 42.7 Å². The summed E-state index contributed by atoms with van der Waals surface area (Å²) >= 11 is 0. The van der Waals surface area contributed by atoms with Crippen LogP contribution in [0.25, 0.3) is 11.8 Å². The third-order valence-corrected chi connectivity index (χ3v) is 7.04. The van der Waals surface area contributed by atoms with Crippen molar-refractivity contribution in [3.63, 3.8) is 0 Å². The highest BCUT2D eigenvalue weighted by molar-refractivity contribution is 6.23. The van der Waals surface area contributed by atoms with Gasteiger partial charge in [-0.1, -0.05) is 19.1 Å². The van der Waals surface area contributed by atoms with Gasteiger partial charge in [0.2, 0.25) is 5.78 Å². The fraction of sp³-hybridized carbons (Fsp3) is 0.333. The van der Waals surface area contributed by atoms with Gasteiger partial charge in [0.1, 0.15) is 22.8 Å². The molecule has 0 heterocycles. The smallest absolute Gasteiger partial charge is 0.255 e. The van der Waals surface area contributed by atoms with Crippen molar-refractivity contribution in [3.05, 3.63) is 51.8 Å². The summed E-state index contributed by atoms with van der Waals surface area (Å²) in [6, 6.07) is 3.25. The Morgan fingerprint density at radius 2 is 1.91 bits per heavy atom. The number of amides is 1. The number of Topliss-reactive ketones (excluding diaryl/α,β-unsaturated/α-hetero) is 2. The predicted molar refractivity (Wildman–Crippen MR) is 121 cm³/mol. The first kappa shape index (κ1) is 23.4. The number of nitrogens with two attached hydrogens (primary N) is 1. The number of hydrogen-bond acceptors (Lipinski definition) is 9. The molecule has 1 aromatic rings. The van der Waals surface area contributed by atoms with E-state index in [-0.39, 0.29) is 11.3 Å². The van der Waals surface area contributed by atoms with Crippen molar-refractivity contribution in [1.29, 1.82) is 0 Å². The Morgan fingerprint density at radius 1 is 1.24 bits per heavy atom. The molecule has 0 aliphatic heterocycles. The predicted octanol–water partition coefficient (Wildman–Crippen LogP) is 0.669. The Morgan fingerprint density at radius 3 is 2.53 bits per heavy atom. The summed E-state index contributed by atoms with van der Waals surface area (Å²) in [4.78, 5) is 41.5. The molecule has 4 rings (SSSR count). The van der Waals surface area contributed by atoms with Crippen molar-refractivity contribution in [1.82, 2.24) is 0 Å². The molecule has 0 radical (unpaired) electrons. The molecule has 34 heavy (non-hydrogen) atoms. The minimum absolute atomic E-state index is 0.0533. The summed E-state index contributed by atoms with van der Waals surface area (Å²) in [7, 11) is 1.57. The Balaban J connectivity index is 1.97. The van der Waals surface area contributed by atoms with Crippen LogP contribution in [0.4, 0.5) is 0 Å². The van der Waals surface area contributed by atoms with Crippen LogP contribution < -0.4 is 5.73 Å². The summed E-state index contributed by atoms with van der Waals surface area (Å²) in [6.45, 7) is 1.67. The summed E-state index contributed by atoms with van der Waals surface area (Å²) < 4.78 is 0. The molecule has 178 valence electrons. The molecule has 0 aromatic heterocycles. The maximum atomic E-state index is 13.6. The standard InChI is InChI=1S/C24H24N2O8/c1-9-11-6-5-10(4-3-7-26-2)18(28)15(11)20(30)17-14(9)19(29)12-8-13(27)16(23(25)33)21(31)24(12,34)22(17)32/h3-7,9,12,14,19,28-31,34H,8H2,1-2H3,(H2,25,33)/b4-3+,26-7?/t9-,12+,14+,19+,24+/m0/s1. The van der Waals surface area contributed by atoms with Crippen LogP contribution in [0.2, 0.25) is 0 Å². The number of aliphatic imine (C=N–C) groups is 1. The molecule has 3 aliphatic rings. The van der Waals surface area contributed by atoms with Crippen molar-refractivity contribution >= 4 is 35.5 Å². The lowest BCUT2D eigenvalue weighted by atomic mass is 9.55. The first-order valence-corrected chi connectivity index (χ1v) is 10.6. The number of aliphatic hydroxyl groups is 4. The minimum atomic E-state index is -2.85. The second-order valence-electron chi connectivity index (χ2n) is 8.72. The molecule has 0 saturated heterocycles. The lowest BCUT2D eigenvalue weighted by Crippen LogP contribution is -2.63. The van der Waals surface area contributed by atoms with Gasteiger partial charge < -0.3 is 31.3 Å². The van der Waals surface area contributed by atoms with Gasteiger partial charge in [0.05, 0.1) is 11.7 Å². The average molecular weight is 468 g/mol. The summed E-state index contributed by atoms with van der Waals surface area (Å²) in [5, 5.41) is 55.1. The number of fused-ring (bicyclic) bond motifs is 3. The number of benzene rings is 1. The second kappa shape index (κ2) is 7.93. The number of ketones is 2. The third kappa shape index (κ3) is 2.95. The van der Waals surface area contributed by atoms with Crippen LogP contribution in [0.15, 0.2) is 40.1 Å². The van der Waals surface area contributed by atoms with E-state index in [4.69, 9.17) is 5.73 Å². The van der Waals surface area contributed by atoms with Crippen LogP contribution in [0.1, 0.15) is 36.0 Å². The number of aliphatic hydroxyl groups excluding tert-OH is 3. The van der Waals surface area contributed by atoms with E-state index < -0.39 is 76.0 Å². The van der Waals surface area contributed by atoms with E-state index in [1.54, 1.807) is 38.3 Å². The topological polar surface area (TPSA) is 191 Å². The van der Waals surface area contributed by atoms with Gasteiger partial charge in [-0.25, -0.2) is 0 Å². The number of aromatic hydroxyl groups is 1. The highest BCUT2D eigenvalue weighted by atomic mass is 16.4. The van der Waals surface area contributed by atoms with E-state index in [0.717, 1.165) is 0 Å². The van der Waals surface area contributed by atoms with E-state index in [2.05, 4.69) is 4.99 Å². The van der Waals surface area contributed by atoms with Crippen LogP contribution in [-0.2, 0) is 14.4 Å². The zero-order valence-corrected chi connectivity index (χ0v) is 18.4. The van der Waals surface area contributed by atoms with Crippen LogP contribution >= 0.6 is 0 Å². The van der Waals surface area contributed by atoms with Crippen LogP contribution in [0, 0.1) is 11.8 Å². The number of carbonyl (C=O) groups is 3. The third-order valence-electron chi connectivity index (χ3n) is 7.04. The number of hydrogen-bond donors (Lipinski definition) is 6. The zero-order chi connectivity index (χ0) is 25.1. The molecule has 10 heteroatoms. The van der Waals surface area contributed by atoms with E-state index in [9.17, 15) is 39.9 Å². The van der Waals surface area contributed by atoms with Gasteiger partial charge in [0.15, 0.2) is 11.4 Å². The van der Waals surface area contributed by atoms with Crippen molar-refractivity contribution in [2.45, 2.75) is 31.0 Å². The maximum Gasteiger partial charge on any atom is 0.255 e. The largest absolute Gasteiger partial charge is 0.508 e. The van der Waals surface area contributed by atoms with Gasteiger partial charge in [0.25, 0.3) is 5.91 Å². The average Bonchev–Trinajstić information content (AvgIpc) is 2.77. The lowest BCUT2D eigenvalue weighted by molar-refractivity contribution is -0.160. The Labute approximate surface area is 194 Å². The van der Waals surface area contributed by atoms with E-state index in [1.165, 1.54) is 6.21 Å². The Kier molecular flexibility index (Phi) is 5.46. The molecule has 10 nitrogen and oxygen atoms in total. The Bertz CT molecular complexity index is 1260. The molecule has 3 aliphatic carbocycles. The van der Waals surface area contributed by atoms with Gasteiger partial charge in [-0.05, 0) is 23.6 Å². The fourth-order valence-electron chi connectivity index (χ4n) is 5.38. The van der Waals surface area contributed by atoms with E-state index >= 15 is 0 Å². The van der Waals surface area contributed by atoms with Crippen molar-refractivity contribution < 1.29 is 39.9 Å². The molecule has 1 fully saturated rings. The highest BCUT2D eigenvalue weighted by Gasteiger charge is 2.64. The van der Waals surface area contributed by atoms with E-state index in [0.29, 0.717) is 11.1 Å². The molecule has 1 aromatic carbocycles. The first-order valence-electron chi connectivity index (χ1n) is 10.6. The molecule has 7 N–H and O–H groups in total. The van der Waals surface area contributed by atoms with Gasteiger partial charge in [-0.3, -0.25) is 19.4 Å². The molecule has 0 spiro atoms. The Hall–Kier alpha value is -3.76. The first-order chi connectivity index (χ1) is 16.0. The number of phenols is 1. The van der Waals surface area contributed by atoms with Gasteiger partial charge in [-0.15, -0.1) is 0 Å². The molecular weight excluding hydrogens is 444 g/mol. The number of primary amides is 1. The maximum absolute atomic E-state index is 13.6. The van der Waals surface area contributed by atoms with Crippen LogP contribution in [0.3, 0.4) is 0 Å². The summed E-state index contributed by atoms with van der Waals surface area (Å²) in [6.07, 6.45) is 2.44. The van der Waals surface area contributed by atoms with Crippen LogP contribution in [0.5, 0.6) is 5.75 Å². The number of nitrogens with zero attached hydrogens (tertiary/aromatic N) is 1. The summed E-state index contributed by atoms with van der Waals surface area (Å²) in [5.74, 6) is -8.80. The molecular formula is C24H24N2O8. The quantitative estimate of drug-likeness (QED) is 0.275. The van der Waals surface area contributed by atoms with Crippen molar-refractivity contribution in [3.8, 4) is 5.75 Å². The van der Waals surface area contributed by atoms with Crippen LogP contribution in [-0.4, -0.2) is 68.0 Å². The fourth-order valence-corrected chi connectivity index (χ4v) is 5.38. The zero-order valence-electron chi connectivity index (χ0n) is 18.4. The molecule has 5 atom stereocenters. The second-order valence-corrected chi connectivity index (χ2v) is 8.72. The van der Waals surface area contributed by atoms with Crippen molar-refractivity contribution in [2.75, 3.05) is 7.05 Å². The SMILES string of the molecule is CN=C/C=C/c1ccc2c(c1O)C(O)=C1C(=O)[C@]3(O)C(O)=C(C(N)=O)C(=O)C[C@@H]3[C@@H](O)[C@@H]1[C@H]2C. The molecule has 1 amide bonds. The van der Waals surface area contributed by atoms with E-state index in [1.807, 2.05) is 0 Å². The number of carbonyl (C=O) groups excluding carboxylic acids is 3. The monoisotopic (exact) mass is 468 g/mol. The summed E-state index contributed by atoms with van der Waals surface area (Å²) in [5.41, 5.74) is 1.70. The number of phenolic OH excluding ortho intramolecular Hbond substituents is 1. The normalized spacial score (nSPS) is 31.2. The van der Waals surface area contributed by atoms with Gasteiger partial charge in [-0.2, -0.15) is 0 Å². The molecule has 0 unspecified atom stereocenters.